The van der Waals surface area contributed by atoms with Gasteiger partial charge in [-0.15, -0.1) is 0 Å². The van der Waals surface area contributed by atoms with Gasteiger partial charge >= 0.3 is 0 Å². The van der Waals surface area contributed by atoms with E-state index in [0.717, 1.165) is 31.7 Å². The molecule has 3 nitrogen and oxygen atoms in total. The van der Waals surface area contributed by atoms with Gasteiger partial charge in [0.05, 0.1) is 0 Å². The van der Waals surface area contributed by atoms with Crippen molar-refractivity contribution in [2.24, 2.45) is 23.5 Å². The van der Waals surface area contributed by atoms with Crippen LogP contribution in [0.15, 0.2) is 0 Å². The summed E-state index contributed by atoms with van der Waals surface area (Å²) < 4.78 is 0. The molecule has 0 spiro atoms. The van der Waals surface area contributed by atoms with Gasteiger partial charge in [0.2, 0.25) is 5.91 Å². The first-order valence-corrected chi connectivity index (χ1v) is 8.09. The zero-order valence-corrected chi connectivity index (χ0v) is 12.6. The number of nitrogens with zero attached hydrogens (tertiary/aromatic N) is 1. The number of amides is 1. The summed E-state index contributed by atoms with van der Waals surface area (Å²) in [7, 11) is 0. The van der Waals surface area contributed by atoms with E-state index < -0.39 is 0 Å². The summed E-state index contributed by atoms with van der Waals surface area (Å²) in [6, 6.07) is 0.291. The van der Waals surface area contributed by atoms with Crippen LogP contribution in [-0.4, -0.2) is 29.9 Å². The highest BCUT2D eigenvalue weighted by molar-refractivity contribution is 5.77. The molecule has 0 aromatic carbocycles. The Bertz CT molecular complexity index is 297. The standard InChI is InChI=1S/C16H30N2O/c1-12-3-5-14(6-4-12)10-16(19)18-8-7-13(2)9-15(18)11-17/h12-15H,3-11,17H2,1-2H3. The number of rotatable bonds is 3. The van der Waals surface area contributed by atoms with E-state index in [1.807, 2.05) is 0 Å². The number of carbonyl (C=O) groups excluding carboxylic acids is 1. The normalized spacial score (nSPS) is 36.3. The van der Waals surface area contributed by atoms with E-state index in [0.29, 0.717) is 30.3 Å². The predicted octanol–water partition coefficient (Wildman–Crippen LogP) is 2.79. The highest BCUT2D eigenvalue weighted by Gasteiger charge is 2.30. The van der Waals surface area contributed by atoms with Crippen molar-refractivity contribution in [3.05, 3.63) is 0 Å². The lowest BCUT2D eigenvalue weighted by atomic mass is 9.81. The fourth-order valence-electron chi connectivity index (χ4n) is 3.70. The van der Waals surface area contributed by atoms with Crippen LogP contribution >= 0.6 is 0 Å². The molecule has 0 bridgehead atoms. The third kappa shape index (κ3) is 3.95. The van der Waals surface area contributed by atoms with Crippen molar-refractivity contribution < 1.29 is 4.79 Å². The second-order valence-corrected chi connectivity index (χ2v) is 6.94. The molecule has 1 saturated carbocycles. The van der Waals surface area contributed by atoms with E-state index in [4.69, 9.17) is 5.73 Å². The van der Waals surface area contributed by atoms with Crippen molar-refractivity contribution >= 4 is 5.91 Å². The molecule has 1 saturated heterocycles. The first-order valence-electron chi connectivity index (χ1n) is 8.09. The van der Waals surface area contributed by atoms with Gasteiger partial charge in [0.1, 0.15) is 0 Å². The third-order valence-corrected chi connectivity index (χ3v) is 5.17. The largest absolute Gasteiger partial charge is 0.338 e. The number of nitrogens with two attached hydrogens (primary N) is 1. The van der Waals surface area contributed by atoms with Crippen LogP contribution in [0.5, 0.6) is 0 Å². The van der Waals surface area contributed by atoms with Gasteiger partial charge in [-0.05, 0) is 43.4 Å². The minimum atomic E-state index is 0.291. The number of piperidine rings is 1. The number of hydrogen-bond donors (Lipinski definition) is 1. The van der Waals surface area contributed by atoms with Gasteiger partial charge in [0, 0.05) is 25.6 Å². The van der Waals surface area contributed by atoms with Crippen LogP contribution in [0, 0.1) is 17.8 Å². The van der Waals surface area contributed by atoms with E-state index in [-0.39, 0.29) is 0 Å². The van der Waals surface area contributed by atoms with Crippen molar-refractivity contribution in [2.45, 2.75) is 64.8 Å². The predicted molar refractivity (Wildman–Crippen MR) is 78.7 cm³/mol. The van der Waals surface area contributed by atoms with Crippen LogP contribution in [0.1, 0.15) is 58.8 Å². The Morgan fingerprint density at radius 3 is 2.42 bits per heavy atom. The quantitative estimate of drug-likeness (QED) is 0.854. The molecule has 0 aromatic heterocycles. The monoisotopic (exact) mass is 266 g/mol. The Balaban J connectivity index is 1.84. The zero-order valence-electron chi connectivity index (χ0n) is 12.6. The van der Waals surface area contributed by atoms with E-state index in [1.54, 1.807) is 0 Å². The van der Waals surface area contributed by atoms with E-state index in [1.165, 1.54) is 25.7 Å². The van der Waals surface area contributed by atoms with Crippen LogP contribution in [-0.2, 0) is 4.79 Å². The molecule has 110 valence electrons. The SMILES string of the molecule is CC1CCC(CC(=O)N2CCC(C)CC2CN)CC1. The molecule has 1 aliphatic carbocycles. The average Bonchev–Trinajstić information content (AvgIpc) is 2.41. The van der Waals surface area contributed by atoms with Crippen LogP contribution < -0.4 is 5.73 Å². The fourth-order valence-corrected chi connectivity index (χ4v) is 3.70. The second-order valence-electron chi connectivity index (χ2n) is 6.94. The Morgan fingerprint density at radius 1 is 1.11 bits per heavy atom. The Labute approximate surface area is 117 Å². The summed E-state index contributed by atoms with van der Waals surface area (Å²) in [4.78, 5) is 14.6. The smallest absolute Gasteiger partial charge is 0.223 e. The van der Waals surface area contributed by atoms with Crippen LogP contribution in [0.25, 0.3) is 0 Å². The Hall–Kier alpha value is -0.570. The van der Waals surface area contributed by atoms with Crippen molar-refractivity contribution in [1.82, 2.24) is 4.90 Å². The van der Waals surface area contributed by atoms with Crippen molar-refractivity contribution in [3.63, 3.8) is 0 Å². The third-order valence-electron chi connectivity index (χ3n) is 5.17. The number of hydrogen-bond acceptors (Lipinski definition) is 2. The maximum atomic E-state index is 12.5. The van der Waals surface area contributed by atoms with Gasteiger partial charge in [0.25, 0.3) is 0 Å². The van der Waals surface area contributed by atoms with Crippen LogP contribution in [0.4, 0.5) is 0 Å². The van der Waals surface area contributed by atoms with Gasteiger partial charge in [-0.3, -0.25) is 4.79 Å². The van der Waals surface area contributed by atoms with Gasteiger partial charge in [-0.1, -0.05) is 26.7 Å². The molecule has 1 aliphatic heterocycles. The molecule has 0 radical (unpaired) electrons. The van der Waals surface area contributed by atoms with Crippen LogP contribution in [0.2, 0.25) is 0 Å². The molecule has 3 heteroatoms. The minimum absolute atomic E-state index is 0.291. The number of likely N-dealkylation sites (tertiary alicyclic amines) is 1. The van der Waals surface area contributed by atoms with Crippen LogP contribution in [0.3, 0.4) is 0 Å². The molecule has 2 N–H and O–H groups in total. The fraction of sp³-hybridized carbons (Fsp3) is 0.938. The van der Waals surface area contributed by atoms with Crippen molar-refractivity contribution in [1.29, 1.82) is 0 Å². The Morgan fingerprint density at radius 2 is 1.79 bits per heavy atom. The molecule has 2 atom stereocenters. The molecular formula is C16H30N2O. The molecule has 19 heavy (non-hydrogen) atoms. The molecule has 1 heterocycles. The maximum absolute atomic E-state index is 12.5. The molecule has 2 rings (SSSR count). The van der Waals surface area contributed by atoms with Crippen molar-refractivity contribution in [2.75, 3.05) is 13.1 Å². The zero-order chi connectivity index (χ0) is 13.8. The summed E-state index contributed by atoms with van der Waals surface area (Å²) in [6.45, 7) is 6.14. The summed E-state index contributed by atoms with van der Waals surface area (Å²) >= 11 is 0. The average molecular weight is 266 g/mol. The molecular weight excluding hydrogens is 236 g/mol. The first kappa shape index (κ1) is 14.8. The van der Waals surface area contributed by atoms with E-state index in [9.17, 15) is 4.79 Å². The number of carbonyl (C=O) groups is 1. The summed E-state index contributed by atoms with van der Waals surface area (Å²) in [5.74, 6) is 2.57. The summed E-state index contributed by atoms with van der Waals surface area (Å²) in [5.41, 5.74) is 5.85. The van der Waals surface area contributed by atoms with Crippen molar-refractivity contribution in [3.8, 4) is 0 Å². The van der Waals surface area contributed by atoms with E-state index in [2.05, 4.69) is 18.7 Å². The maximum Gasteiger partial charge on any atom is 0.223 e. The highest BCUT2D eigenvalue weighted by atomic mass is 16.2. The van der Waals surface area contributed by atoms with Gasteiger partial charge in [-0.25, -0.2) is 0 Å². The van der Waals surface area contributed by atoms with Gasteiger partial charge in [0.15, 0.2) is 0 Å². The molecule has 2 fully saturated rings. The molecule has 1 amide bonds. The second kappa shape index (κ2) is 6.74. The summed E-state index contributed by atoms with van der Waals surface area (Å²) in [5, 5.41) is 0. The lowest BCUT2D eigenvalue weighted by molar-refractivity contribution is -0.136. The summed E-state index contributed by atoms with van der Waals surface area (Å²) in [6.07, 6.45) is 8.07. The topological polar surface area (TPSA) is 46.3 Å². The first-order chi connectivity index (χ1) is 9.10. The molecule has 2 aliphatic rings. The van der Waals surface area contributed by atoms with Gasteiger partial charge in [-0.2, -0.15) is 0 Å². The minimum Gasteiger partial charge on any atom is -0.338 e. The lowest BCUT2D eigenvalue weighted by Crippen LogP contribution is -2.49. The van der Waals surface area contributed by atoms with Gasteiger partial charge < -0.3 is 10.6 Å². The molecule has 2 unspecified atom stereocenters. The molecule has 0 aromatic rings. The van der Waals surface area contributed by atoms with E-state index >= 15 is 0 Å². The Kier molecular flexibility index (Phi) is 5.26. The lowest BCUT2D eigenvalue weighted by Gasteiger charge is -2.39. The highest BCUT2D eigenvalue weighted by Crippen LogP contribution is 2.31.